The van der Waals surface area contributed by atoms with Gasteiger partial charge in [0.2, 0.25) is 0 Å². The molecule has 2 heteroatoms. The van der Waals surface area contributed by atoms with Crippen molar-refractivity contribution in [3.63, 3.8) is 0 Å². The van der Waals surface area contributed by atoms with E-state index in [-0.39, 0.29) is 0 Å². The normalized spacial score (nSPS) is 18.1. The van der Waals surface area contributed by atoms with Crippen molar-refractivity contribution in [1.82, 2.24) is 5.32 Å². The van der Waals surface area contributed by atoms with Crippen molar-refractivity contribution in [2.24, 2.45) is 4.99 Å². The summed E-state index contributed by atoms with van der Waals surface area (Å²) in [6.45, 7) is 2.73. The van der Waals surface area contributed by atoms with Crippen molar-refractivity contribution in [1.29, 1.82) is 0 Å². The van der Waals surface area contributed by atoms with Crippen LogP contribution in [0, 0.1) is 6.08 Å². The van der Waals surface area contributed by atoms with Crippen LogP contribution in [0.2, 0.25) is 0 Å². The monoisotopic (exact) mass is 95.1 g/mol. The van der Waals surface area contributed by atoms with Gasteiger partial charge < -0.3 is 5.32 Å². The molecule has 0 fully saturated rings. The molecular weight excluding hydrogens is 88.1 g/mol. The second-order valence-electron chi connectivity index (χ2n) is 1.40. The topological polar surface area (TPSA) is 24.4 Å². The Kier molecular flexibility index (Phi) is 1.11. The molecule has 37 valence electrons. The Morgan fingerprint density at radius 1 is 2.00 bits per heavy atom. The zero-order valence-electron chi connectivity index (χ0n) is 4.23. The van der Waals surface area contributed by atoms with Gasteiger partial charge in [-0.2, -0.15) is 0 Å². The molecule has 0 unspecified atom stereocenters. The fourth-order valence-corrected chi connectivity index (χ4v) is 0.413. The first-order valence-electron chi connectivity index (χ1n) is 2.23. The third-order valence-corrected chi connectivity index (χ3v) is 0.796. The summed E-state index contributed by atoms with van der Waals surface area (Å²) < 4.78 is 0. The minimum Gasteiger partial charge on any atom is -0.370 e. The molecule has 0 aromatic carbocycles. The maximum atomic E-state index is 3.90. The highest BCUT2D eigenvalue weighted by Crippen LogP contribution is 1.81. The van der Waals surface area contributed by atoms with Crippen LogP contribution < -0.4 is 5.32 Å². The SMILES string of the molecule is CC1=NC=[C]CN1. The zero-order valence-corrected chi connectivity index (χ0v) is 4.23. The van der Waals surface area contributed by atoms with E-state index >= 15 is 0 Å². The summed E-state index contributed by atoms with van der Waals surface area (Å²) in [5.74, 6) is 0.971. The molecule has 0 saturated carbocycles. The Balaban J connectivity index is 2.57. The Morgan fingerprint density at radius 2 is 2.86 bits per heavy atom. The van der Waals surface area contributed by atoms with Crippen LogP contribution in [0.5, 0.6) is 0 Å². The molecule has 0 aliphatic carbocycles. The van der Waals surface area contributed by atoms with E-state index in [1.165, 1.54) is 0 Å². The quantitative estimate of drug-likeness (QED) is 0.460. The van der Waals surface area contributed by atoms with Crippen LogP contribution in [0.25, 0.3) is 0 Å². The van der Waals surface area contributed by atoms with Crippen molar-refractivity contribution in [2.75, 3.05) is 6.54 Å². The van der Waals surface area contributed by atoms with E-state index in [0.29, 0.717) is 0 Å². The van der Waals surface area contributed by atoms with Crippen molar-refractivity contribution >= 4 is 5.84 Å². The summed E-state index contributed by atoms with van der Waals surface area (Å²) in [5, 5.41) is 2.99. The van der Waals surface area contributed by atoms with Gasteiger partial charge in [0.1, 0.15) is 0 Å². The van der Waals surface area contributed by atoms with Crippen LogP contribution in [0.15, 0.2) is 11.2 Å². The lowest BCUT2D eigenvalue weighted by Gasteiger charge is -2.02. The molecule has 0 saturated heterocycles. The van der Waals surface area contributed by atoms with E-state index in [9.17, 15) is 0 Å². The summed E-state index contributed by atoms with van der Waals surface area (Å²) in [7, 11) is 0. The molecule has 0 aromatic rings. The molecule has 1 heterocycles. The molecule has 1 aliphatic rings. The van der Waals surface area contributed by atoms with Gasteiger partial charge >= 0.3 is 0 Å². The lowest BCUT2D eigenvalue weighted by molar-refractivity contribution is 0.983. The zero-order chi connectivity index (χ0) is 5.11. The molecule has 0 amide bonds. The summed E-state index contributed by atoms with van der Waals surface area (Å²) in [6, 6.07) is 0. The first-order chi connectivity index (χ1) is 3.39. The Labute approximate surface area is 42.9 Å². The van der Waals surface area contributed by atoms with Crippen LogP contribution in [0.1, 0.15) is 6.92 Å². The maximum absolute atomic E-state index is 3.90. The van der Waals surface area contributed by atoms with Gasteiger partial charge in [0.05, 0.1) is 5.84 Å². The molecule has 1 radical (unpaired) electrons. The standard InChI is InChI=1S/C5H7N2/c1-5-6-3-2-4-7-5/h3H,4H2,1H3,(H,6,7). The smallest absolute Gasteiger partial charge is 0.0986 e. The Bertz CT molecular complexity index is 113. The van der Waals surface area contributed by atoms with Crippen LogP contribution in [0.3, 0.4) is 0 Å². The summed E-state index contributed by atoms with van der Waals surface area (Å²) in [6.07, 6.45) is 4.58. The van der Waals surface area contributed by atoms with Crippen LogP contribution in [-0.2, 0) is 0 Å². The molecule has 7 heavy (non-hydrogen) atoms. The van der Waals surface area contributed by atoms with Gasteiger partial charge in [-0.15, -0.1) is 0 Å². The maximum Gasteiger partial charge on any atom is 0.0986 e. The highest BCUT2D eigenvalue weighted by molar-refractivity contribution is 5.80. The van der Waals surface area contributed by atoms with Gasteiger partial charge in [0, 0.05) is 12.7 Å². The number of hydrogen-bond donors (Lipinski definition) is 1. The lowest BCUT2D eigenvalue weighted by atomic mass is 10.5. The highest BCUT2D eigenvalue weighted by Gasteiger charge is 1.87. The van der Waals surface area contributed by atoms with Crippen LogP contribution in [-0.4, -0.2) is 12.4 Å². The first-order valence-corrected chi connectivity index (χ1v) is 2.23. The fourth-order valence-electron chi connectivity index (χ4n) is 0.413. The van der Waals surface area contributed by atoms with E-state index in [1.807, 2.05) is 6.92 Å². The van der Waals surface area contributed by atoms with Crippen LogP contribution in [0.4, 0.5) is 0 Å². The van der Waals surface area contributed by atoms with Crippen molar-refractivity contribution in [3.8, 4) is 0 Å². The number of rotatable bonds is 0. The largest absolute Gasteiger partial charge is 0.370 e. The number of aliphatic imine (C=N–C) groups is 1. The molecule has 0 aromatic heterocycles. The fraction of sp³-hybridized carbons (Fsp3) is 0.400. The van der Waals surface area contributed by atoms with Gasteiger partial charge in [0.15, 0.2) is 0 Å². The second kappa shape index (κ2) is 1.78. The van der Waals surface area contributed by atoms with Crippen molar-refractivity contribution < 1.29 is 0 Å². The third-order valence-electron chi connectivity index (χ3n) is 0.796. The first kappa shape index (κ1) is 4.37. The number of nitrogens with one attached hydrogen (secondary N) is 1. The molecule has 0 bridgehead atoms. The number of nitrogens with zero attached hydrogens (tertiary/aromatic N) is 1. The summed E-state index contributed by atoms with van der Waals surface area (Å²) in [4.78, 5) is 3.90. The molecule has 1 rings (SSSR count). The summed E-state index contributed by atoms with van der Waals surface area (Å²) in [5.41, 5.74) is 0. The number of amidine groups is 1. The van der Waals surface area contributed by atoms with Gasteiger partial charge in [0.25, 0.3) is 0 Å². The van der Waals surface area contributed by atoms with E-state index in [1.54, 1.807) is 6.20 Å². The Morgan fingerprint density at radius 3 is 3.14 bits per heavy atom. The van der Waals surface area contributed by atoms with Crippen molar-refractivity contribution in [2.45, 2.75) is 6.92 Å². The molecule has 2 nitrogen and oxygen atoms in total. The third kappa shape index (κ3) is 1.03. The number of hydrogen-bond acceptors (Lipinski definition) is 2. The molecule has 1 N–H and O–H groups in total. The minimum absolute atomic E-state index is 0.801. The van der Waals surface area contributed by atoms with E-state index in [0.717, 1.165) is 12.4 Å². The average Bonchev–Trinajstić information content (AvgIpc) is 1.69. The predicted molar refractivity (Wildman–Crippen MR) is 28.9 cm³/mol. The van der Waals surface area contributed by atoms with E-state index < -0.39 is 0 Å². The summed E-state index contributed by atoms with van der Waals surface area (Å²) >= 11 is 0. The lowest BCUT2D eigenvalue weighted by Crippen LogP contribution is -2.22. The van der Waals surface area contributed by atoms with Gasteiger partial charge in [-0.1, -0.05) is 0 Å². The van der Waals surface area contributed by atoms with Gasteiger partial charge in [-0.3, -0.25) is 0 Å². The average molecular weight is 95.1 g/mol. The molecule has 1 aliphatic heterocycles. The highest BCUT2D eigenvalue weighted by atomic mass is 15.0. The minimum atomic E-state index is 0.801. The van der Waals surface area contributed by atoms with E-state index in [2.05, 4.69) is 16.4 Å². The molecule has 0 atom stereocenters. The Hall–Kier alpha value is -0.790. The van der Waals surface area contributed by atoms with Gasteiger partial charge in [-0.05, 0) is 13.0 Å². The van der Waals surface area contributed by atoms with Gasteiger partial charge in [-0.25, -0.2) is 4.99 Å². The molecule has 0 spiro atoms. The predicted octanol–water partition coefficient (Wildman–Crippen LogP) is 0.325. The van der Waals surface area contributed by atoms with E-state index in [4.69, 9.17) is 0 Å². The van der Waals surface area contributed by atoms with Crippen LogP contribution >= 0.6 is 0 Å². The van der Waals surface area contributed by atoms with Crippen molar-refractivity contribution in [3.05, 3.63) is 12.3 Å². The second-order valence-corrected chi connectivity index (χ2v) is 1.40. The molecular formula is C5H7N2.